The lowest BCUT2D eigenvalue weighted by atomic mass is 10.2. The first kappa shape index (κ1) is 16.6. The quantitative estimate of drug-likeness (QED) is 0.604. The van der Waals surface area contributed by atoms with Crippen molar-refractivity contribution in [2.45, 2.75) is 6.54 Å². The molecule has 0 unspecified atom stereocenters. The third kappa shape index (κ3) is 3.42. The summed E-state index contributed by atoms with van der Waals surface area (Å²) < 4.78 is 1.82. The molecule has 0 bridgehead atoms. The summed E-state index contributed by atoms with van der Waals surface area (Å²) in [5, 5.41) is 17.1. The van der Waals surface area contributed by atoms with Gasteiger partial charge in [0.25, 0.3) is 0 Å². The van der Waals surface area contributed by atoms with Crippen LogP contribution in [0.1, 0.15) is 5.56 Å². The fraction of sp³-hybridized carbons (Fsp3) is 0.333. The lowest BCUT2D eigenvalue weighted by molar-refractivity contribution is 0.311. The average Bonchev–Trinajstić information content (AvgIpc) is 3.12. The van der Waals surface area contributed by atoms with Gasteiger partial charge in [-0.1, -0.05) is 12.1 Å². The maximum Gasteiger partial charge on any atom is 0.245 e. The molecule has 0 spiro atoms. The third-order valence-electron chi connectivity index (χ3n) is 4.68. The highest BCUT2D eigenvalue weighted by Crippen LogP contribution is 2.20. The van der Waals surface area contributed by atoms with Gasteiger partial charge in [0.1, 0.15) is 0 Å². The predicted molar refractivity (Wildman–Crippen MR) is 102 cm³/mol. The molecular formula is C18H23N7O. The SMILES string of the molecule is CN1CCN(c2nc3c(NCc4cccc(NO)c4)cccn3n2)CC1. The highest BCUT2D eigenvalue weighted by Gasteiger charge is 2.18. The van der Waals surface area contributed by atoms with Crippen LogP contribution in [0.4, 0.5) is 17.3 Å². The van der Waals surface area contributed by atoms with Crippen LogP contribution in [0.5, 0.6) is 0 Å². The first-order chi connectivity index (χ1) is 12.7. The molecule has 0 atom stereocenters. The molecule has 0 aliphatic carbocycles. The van der Waals surface area contributed by atoms with Crippen molar-refractivity contribution in [1.29, 1.82) is 0 Å². The summed E-state index contributed by atoms with van der Waals surface area (Å²) in [6, 6.07) is 11.6. The molecule has 8 nitrogen and oxygen atoms in total. The standard InChI is InChI=1S/C18H23N7O/c1-23-8-10-24(11-9-23)18-20-17-16(6-3-7-25(17)21-18)19-13-14-4-2-5-15(12-14)22-26/h2-7,12,19,22,26H,8-11,13H2,1H3. The monoisotopic (exact) mass is 353 g/mol. The summed E-state index contributed by atoms with van der Waals surface area (Å²) in [5.74, 6) is 0.777. The van der Waals surface area contributed by atoms with Crippen LogP contribution in [0.15, 0.2) is 42.6 Å². The van der Waals surface area contributed by atoms with Crippen LogP contribution in [0.2, 0.25) is 0 Å². The highest BCUT2D eigenvalue weighted by atomic mass is 16.5. The van der Waals surface area contributed by atoms with Gasteiger partial charge >= 0.3 is 0 Å². The fourth-order valence-electron chi connectivity index (χ4n) is 3.12. The van der Waals surface area contributed by atoms with E-state index in [9.17, 15) is 0 Å². The summed E-state index contributed by atoms with van der Waals surface area (Å²) in [4.78, 5) is 9.30. The Morgan fingerprint density at radius 2 is 1.96 bits per heavy atom. The van der Waals surface area contributed by atoms with Crippen LogP contribution in [-0.2, 0) is 6.54 Å². The smallest absolute Gasteiger partial charge is 0.245 e. The summed E-state index contributed by atoms with van der Waals surface area (Å²) in [5.41, 5.74) is 5.65. The molecule has 1 fully saturated rings. The molecule has 3 aromatic rings. The second-order valence-corrected chi connectivity index (χ2v) is 6.56. The van der Waals surface area contributed by atoms with Crippen LogP contribution in [-0.4, -0.2) is 57.9 Å². The third-order valence-corrected chi connectivity index (χ3v) is 4.68. The zero-order valence-corrected chi connectivity index (χ0v) is 14.8. The number of piperazine rings is 1. The summed E-state index contributed by atoms with van der Waals surface area (Å²) >= 11 is 0. The van der Waals surface area contributed by atoms with E-state index < -0.39 is 0 Å². The topological polar surface area (TPSA) is 81.0 Å². The van der Waals surface area contributed by atoms with Crippen molar-refractivity contribution < 1.29 is 5.21 Å². The van der Waals surface area contributed by atoms with Gasteiger partial charge in [-0.3, -0.25) is 10.7 Å². The normalized spacial score (nSPS) is 15.4. The summed E-state index contributed by atoms with van der Waals surface area (Å²) in [7, 11) is 2.14. The van der Waals surface area contributed by atoms with Crippen LogP contribution in [0.25, 0.3) is 5.65 Å². The molecule has 2 aromatic heterocycles. The van der Waals surface area contributed by atoms with Gasteiger partial charge in [0.15, 0.2) is 5.65 Å². The summed E-state index contributed by atoms with van der Waals surface area (Å²) in [6.07, 6.45) is 1.92. The number of benzene rings is 1. The van der Waals surface area contributed by atoms with Crippen molar-refractivity contribution in [3.63, 3.8) is 0 Å². The van der Waals surface area contributed by atoms with E-state index in [0.717, 1.165) is 49.0 Å². The van der Waals surface area contributed by atoms with E-state index in [1.807, 2.05) is 47.1 Å². The van der Waals surface area contributed by atoms with Crippen molar-refractivity contribution in [2.75, 3.05) is 48.9 Å². The number of hydrogen-bond acceptors (Lipinski definition) is 7. The van der Waals surface area contributed by atoms with Gasteiger partial charge in [0.2, 0.25) is 5.95 Å². The molecule has 26 heavy (non-hydrogen) atoms. The number of likely N-dealkylation sites (N-methyl/N-ethyl adjacent to an activating group) is 1. The Balaban J connectivity index is 1.53. The lowest BCUT2D eigenvalue weighted by Gasteiger charge is -2.31. The van der Waals surface area contributed by atoms with Gasteiger partial charge in [0, 0.05) is 38.9 Å². The summed E-state index contributed by atoms with van der Waals surface area (Å²) in [6.45, 7) is 4.56. The Morgan fingerprint density at radius 3 is 2.77 bits per heavy atom. The molecule has 1 aliphatic rings. The Morgan fingerprint density at radius 1 is 1.12 bits per heavy atom. The minimum Gasteiger partial charge on any atom is -0.378 e. The zero-order valence-electron chi connectivity index (χ0n) is 14.8. The number of nitrogens with zero attached hydrogens (tertiary/aromatic N) is 5. The number of fused-ring (bicyclic) bond motifs is 1. The Labute approximate surface area is 152 Å². The molecular weight excluding hydrogens is 330 g/mol. The van der Waals surface area contributed by atoms with Gasteiger partial charge in [-0.2, -0.15) is 4.98 Å². The van der Waals surface area contributed by atoms with Gasteiger partial charge < -0.3 is 15.1 Å². The molecule has 1 aromatic carbocycles. The Hall–Kier alpha value is -2.84. The first-order valence-corrected chi connectivity index (χ1v) is 8.75. The maximum absolute atomic E-state index is 9.03. The largest absolute Gasteiger partial charge is 0.378 e. The van der Waals surface area contributed by atoms with E-state index in [-0.39, 0.29) is 0 Å². The van der Waals surface area contributed by atoms with E-state index in [2.05, 4.69) is 32.7 Å². The molecule has 0 saturated carbocycles. The first-order valence-electron chi connectivity index (χ1n) is 8.75. The number of aromatic nitrogens is 3. The van der Waals surface area contributed by atoms with Crippen molar-refractivity contribution >= 4 is 23.0 Å². The molecule has 3 N–H and O–H groups in total. The number of nitrogens with one attached hydrogen (secondary N) is 2. The molecule has 0 amide bonds. The van der Waals surface area contributed by atoms with Crippen molar-refractivity contribution in [2.24, 2.45) is 0 Å². The Bertz CT molecular complexity index is 886. The van der Waals surface area contributed by atoms with Crippen LogP contribution in [0, 0.1) is 0 Å². The van der Waals surface area contributed by atoms with Gasteiger partial charge in [-0.15, -0.1) is 5.10 Å². The van der Waals surface area contributed by atoms with E-state index in [0.29, 0.717) is 12.2 Å². The number of rotatable bonds is 5. The fourth-order valence-corrected chi connectivity index (χ4v) is 3.12. The highest BCUT2D eigenvalue weighted by molar-refractivity contribution is 5.68. The molecule has 1 saturated heterocycles. The van der Waals surface area contributed by atoms with E-state index in [1.54, 1.807) is 0 Å². The molecule has 8 heteroatoms. The van der Waals surface area contributed by atoms with Crippen molar-refractivity contribution in [3.8, 4) is 0 Å². The molecule has 0 radical (unpaired) electrons. The van der Waals surface area contributed by atoms with E-state index >= 15 is 0 Å². The van der Waals surface area contributed by atoms with Crippen molar-refractivity contribution in [1.82, 2.24) is 19.5 Å². The van der Waals surface area contributed by atoms with Crippen molar-refractivity contribution in [3.05, 3.63) is 48.2 Å². The van der Waals surface area contributed by atoms with Gasteiger partial charge in [-0.05, 0) is 36.9 Å². The molecule has 1 aliphatic heterocycles. The van der Waals surface area contributed by atoms with Crippen LogP contribution >= 0.6 is 0 Å². The van der Waals surface area contributed by atoms with Crippen LogP contribution < -0.4 is 15.7 Å². The van der Waals surface area contributed by atoms with E-state index in [1.165, 1.54) is 0 Å². The lowest BCUT2D eigenvalue weighted by Crippen LogP contribution is -2.44. The zero-order chi connectivity index (χ0) is 17.9. The average molecular weight is 353 g/mol. The molecule has 136 valence electrons. The maximum atomic E-state index is 9.03. The minimum absolute atomic E-state index is 0.631. The molecule has 3 heterocycles. The molecule has 4 rings (SSSR count). The van der Waals surface area contributed by atoms with Crippen LogP contribution in [0.3, 0.4) is 0 Å². The number of hydrogen-bond donors (Lipinski definition) is 3. The van der Waals surface area contributed by atoms with Gasteiger partial charge in [-0.25, -0.2) is 4.52 Å². The minimum atomic E-state index is 0.631. The predicted octanol–water partition coefficient (Wildman–Crippen LogP) is 1.89. The number of anilines is 3. The number of pyridine rings is 1. The van der Waals surface area contributed by atoms with Gasteiger partial charge in [0.05, 0.1) is 11.4 Å². The Kier molecular flexibility index (Phi) is 4.59. The second kappa shape index (κ2) is 7.19. The van der Waals surface area contributed by atoms with E-state index in [4.69, 9.17) is 10.2 Å². The second-order valence-electron chi connectivity index (χ2n) is 6.56.